The first-order chi connectivity index (χ1) is 8.24. The summed E-state index contributed by atoms with van der Waals surface area (Å²) in [7, 11) is 0. The number of imidazole rings is 1. The second kappa shape index (κ2) is 3.96. The number of nitrogens with zero attached hydrogens (tertiary/aromatic N) is 3. The summed E-state index contributed by atoms with van der Waals surface area (Å²) < 4.78 is 7.86. The van der Waals surface area contributed by atoms with E-state index in [0.29, 0.717) is 0 Å². The molecule has 4 heteroatoms. The first kappa shape index (κ1) is 10.5. The molecule has 17 heavy (non-hydrogen) atoms. The normalized spacial score (nSPS) is 11.2. The van der Waals surface area contributed by atoms with Gasteiger partial charge < -0.3 is 4.57 Å². The second-order valence-corrected chi connectivity index (χ2v) is 5.10. The Kier molecular flexibility index (Phi) is 2.44. The maximum atomic E-state index is 4.55. The number of hydrogen-bond acceptors (Lipinski definition) is 3. The summed E-state index contributed by atoms with van der Waals surface area (Å²) in [6, 6.07) is 4.46. The van der Waals surface area contributed by atoms with Crippen LogP contribution in [0.5, 0.6) is 0 Å². The third-order valence-electron chi connectivity index (χ3n) is 3.05. The molecule has 0 aliphatic carbocycles. The molecule has 86 valence electrons. The van der Waals surface area contributed by atoms with Crippen molar-refractivity contribution in [3.63, 3.8) is 0 Å². The summed E-state index contributed by atoms with van der Waals surface area (Å²) in [4.78, 5) is 4.05. The van der Waals surface area contributed by atoms with Crippen LogP contribution in [0.1, 0.15) is 16.8 Å². The van der Waals surface area contributed by atoms with Crippen molar-refractivity contribution < 1.29 is 0 Å². The van der Waals surface area contributed by atoms with Crippen LogP contribution < -0.4 is 0 Å². The molecule has 2 aromatic heterocycles. The topological polar surface area (TPSA) is 30.7 Å². The first-order valence-corrected chi connectivity index (χ1v) is 6.32. The SMILES string of the molecule is Cc1cc2snc(Cn3ccnc3)c2cc1C. The van der Waals surface area contributed by atoms with E-state index in [2.05, 4.69) is 35.3 Å². The van der Waals surface area contributed by atoms with Crippen molar-refractivity contribution in [3.8, 4) is 0 Å². The van der Waals surface area contributed by atoms with Crippen molar-refractivity contribution in [2.45, 2.75) is 20.4 Å². The zero-order valence-corrected chi connectivity index (χ0v) is 10.7. The summed E-state index contributed by atoms with van der Waals surface area (Å²) in [5.74, 6) is 0. The number of aromatic nitrogens is 3. The van der Waals surface area contributed by atoms with Gasteiger partial charge in [0.15, 0.2) is 0 Å². The third-order valence-corrected chi connectivity index (χ3v) is 3.90. The molecule has 0 saturated heterocycles. The molecular formula is C13H13N3S. The lowest BCUT2D eigenvalue weighted by atomic mass is 10.1. The van der Waals surface area contributed by atoms with E-state index in [9.17, 15) is 0 Å². The zero-order chi connectivity index (χ0) is 11.8. The summed E-state index contributed by atoms with van der Waals surface area (Å²) in [6.07, 6.45) is 5.59. The molecule has 0 atom stereocenters. The maximum Gasteiger partial charge on any atom is 0.0949 e. The van der Waals surface area contributed by atoms with Crippen LogP contribution in [-0.2, 0) is 6.54 Å². The van der Waals surface area contributed by atoms with E-state index in [1.807, 2.05) is 17.1 Å². The van der Waals surface area contributed by atoms with Gasteiger partial charge in [0.1, 0.15) is 0 Å². The molecule has 0 unspecified atom stereocenters. The van der Waals surface area contributed by atoms with Crippen LogP contribution >= 0.6 is 11.5 Å². The maximum absolute atomic E-state index is 4.55. The zero-order valence-electron chi connectivity index (χ0n) is 9.84. The Morgan fingerprint density at radius 1 is 1.24 bits per heavy atom. The molecule has 0 bridgehead atoms. The highest BCUT2D eigenvalue weighted by Gasteiger charge is 2.08. The van der Waals surface area contributed by atoms with E-state index >= 15 is 0 Å². The van der Waals surface area contributed by atoms with Gasteiger partial charge in [0.05, 0.1) is 23.3 Å². The molecule has 3 nitrogen and oxygen atoms in total. The van der Waals surface area contributed by atoms with Crippen LogP contribution in [0.15, 0.2) is 30.9 Å². The van der Waals surface area contributed by atoms with E-state index < -0.39 is 0 Å². The van der Waals surface area contributed by atoms with Gasteiger partial charge >= 0.3 is 0 Å². The summed E-state index contributed by atoms with van der Waals surface area (Å²) in [5.41, 5.74) is 3.78. The lowest BCUT2D eigenvalue weighted by Gasteiger charge is -2.02. The summed E-state index contributed by atoms with van der Waals surface area (Å²) >= 11 is 1.57. The van der Waals surface area contributed by atoms with Crippen molar-refractivity contribution in [2.75, 3.05) is 0 Å². The van der Waals surface area contributed by atoms with Gasteiger partial charge in [-0.25, -0.2) is 4.98 Å². The Hall–Kier alpha value is -1.68. The summed E-state index contributed by atoms with van der Waals surface area (Å²) in [6.45, 7) is 5.08. The lowest BCUT2D eigenvalue weighted by Crippen LogP contribution is -1.96. The first-order valence-electron chi connectivity index (χ1n) is 5.55. The highest BCUT2D eigenvalue weighted by atomic mass is 32.1. The molecule has 0 radical (unpaired) electrons. The predicted molar refractivity (Wildman–Crippen MR) is 70.4 cm³/mol. The fourth-order valence-electron chi connectivity index (χ4n) is 1.91. The monoisotopic (exact) mass is 243 g/mol. The molecule has 0 N–H and O–H groups in total. The quantitative estimate of drug-likeness (QED) is 0.692. The van der Waals surface area contributed by atoms with E-state index in [1.165, 1.54) is 21.2 Å². The molecule has 3 aromatic rings. The average molecular weight is 243 g/mol. The van der Waals surface area contributed by atoms with Gasteiger partial charge in [-0.2, -0.15) is 4.37 Å². The van der Waals surface area contributed by atoms with Gasteiger partial charge in [-0.1, -0.05) is 0 Å². The molecule has 0 aliphatic rings. The van der Waals surface area contributed by atoms with E-state index in [-0.39, 0.29) is 0 Å². The predicted octanol–water partition coefficient (Wildman–Crippen LogP) is 3.16. The minimum absolute atomic E-state index is 0.794. The largest absolute Gasteiger partial charge is 0.331 e. The van der Waals surface area contributed by atoms with Crippen LogP contribution in [0.4, 0.5) is 0 Å². The Labute approximate surface area is 104 Å². The fourth-order valence-corrected chi connectivity index (χ4v) is 2.78. The number of rotatable bonds is 2. The van der Waals surface area contributed by atoms with Crippen molar-refractivity contribution >= 4 is 21.6 Å². The summed E-state index contributed by atoms with van der Waals surface area (Å²) in [5, 5.41) is 1.27. The van der Waals surface area contributed by atoms with Crippen LogP contribution in [0, 0.1) is 13.8 Å². The van der Waals surface area contributed by atoms with Gasteiger partial charge in [-0.05, 0) is 48.6 Å². The number of aryl methyl sites for hydroxylation is 2. The van der Waals surface area contributed by atoms with E-state index in [4.69, 9.17) is 0 Å². The van der Waals surface area contributed by atoms with Crippen LogP contribution in [0.3, 0.4) is 0 Å². The second-order valence-electron chi connectivity index (χ2n) is 4.30. The average Bonchev–Trinajstić information content (AvgIpc) is 2.92. The Morgan fingerprint density at radius 3 is 2.82 bits per heavy atom. The van der Waals surface area contributed by atoms with Crippen molar-refractivity contribution in [2.24, 2.45) is 0 Å². The lowest BCUT2D eigenvalue weighted by molar-refractivity contribution is 0.788. The smallest absolute Gasteiger partial charge is 0.0949 e. The Balaban J connectivity index is 2.08. The van der Waals surface area contributed by atoms with Crippen LogP contribution in [0.25, 0.3) is 10.1 Å². The molecular weight excluding hydrogens is 230 g/mol. The number of benzene rings is 1. The fraction of sp³-hybridized carbons (Fsp3) is 0.231. The molecule has 0 saturated carbocycles. The molecule has 1 aromatic carbocycles. The standard InChI is InChI=1S/C13H13N3S/c1-9-5-11-12(7-16-4-3-14-8-16)15-17-13(11)6-10(9)2/h3-6,8H,7H2,1-2H3. The Morgan fingerprint density at radius 2 is 2.06 bits per heavy atom. The van der Waals surface area contributed by atoms with Crippen molar-refractivity contribution in [1.82, 2.24) is 13.9 Å². The van der Waals surface area contributed by atoms with Gasteiger partial charge in [-0.15, -0.1) is 0 Å². The van der Waals surface area contributed by atoms with E-state index in [1.54, 1.807) is 17.7 Å². The van der Waals surface area contributed by atoms with Gasteiger partial charge in [-0.3, -0.25) is 0 Å². The number of fused-ring (bicyclic) bond motifs is 1. The van der Waals surface area contributed by atoms with E-state index in [0.717, 1.165) is 12.2 Å². The Bertz CT molecular complexity index is 653. The number of hydrogen-bond donors (Lipinski definition) is 0. The van der Waals surface area contributed by atoms with Crippen molar-refractivity contribution in [3.05, 3.63) is 47.7 Å². The molecule has 0 amide bonds. The molecule has 3 rings (SSSR count). The highest BCUT2D eigenvalue weighted by molar-refractivity contribution is 7.13. The van der Waals surface area contributed by atoms with Crippen LogP contribution in [0.2, 0.25) is 0 Å². The van der Waals surface area contributed by atoms with Gasteiger partial charge in [0.2, 0.25) is 0 Å². The van der Waals surface area contributed by atoms with Gasteiger partial charge in [0.25, 0.3) is 0 Å². The molecule has 0 spiro atoms. The molecule has 2 heterocycles. The van der Waals surface area contributed by atoms with Crippen molar-refractivity contribution in [1.29, 1.82) is 0 Å². The minimum atomic E-state index is 0.794. The molecule has 0 aliphatic heterocycles. The molecule has 0 fully saturated rings. The minimum Gasteiger partial charge on any atom is -0.331 e. The third kappa shape index (κ3) is 1.85. The highest BCUT2D eigenvalue weighted by Crippen LogP contribution is 2.26. The van der Waals surface area contributed by atoms with Crippen LogP contribution in [-0.4, -0.2) is 13.9 Å². The van der Waals surface area contributed by atoms with Gasteiger partial charge in [0, 0.05) is 17.8 Å².